The molecule has 0 aliphatic carbocycles. The number of hydrogen-bond acceptors (Lipinski definition) is 6. The minimum atomic E-state index is 0.134. The van der Waals surface area contributed by atoms with E-state index in [4.69, 9.17) is 10.00 Å². The van der Waals surface area contributed by atoms with Gasteiger partial charge in [0.05, 0.1) is 24.3 Å². The molecular formula is C19H23N5O. The molecule has 130 valence electrons. The maximum absolute atomic E-state index is 9.04. The summed E-state index contributed by atoms with van der Waals surface area (Å²) in [7, 11) is 0. The second-order valence-electron chi connectivity index (χ2n) is 6.16. The van der Waals surface area contributed by atoms with Crippen LogP contribution in [-0.4, -0.2) is 54.0 Å². The largest absolute Gasteiger partial charge is 0.374 e. The fraction of sp³-hybridized carbons (Fsp3) is 0.421. The molecule has 2 heterocycles. The van der Waals surface area contributed by atoms with Crippen molar-refractivity contribution in [2.75, 3.05) is 37.7 Å². The van der Waals surface area contributed by atoms with Crippen LogP contribution < -0.4 is 4.90 Å². The van der Waals surface area contributed by atoms with Crippen LogP contribution in [0.15, 0.2) is 42.6 Å². The zero-order valence-electron chi connectivity index (χ0n) is 14.5. The van der Waals surface area contributed by atoms with Gasteiger partial charge in [-0.2, -0.15) is 10.4 Å². The highest BCUT2D eigenvalue weighted by molar-refractivity contribution is 5.36. The summed E-state index contributed by atoms with van der Waals surface area (Å²) in [4.78, 5) is 4.58. The zero-order chi connectivity index (χ0) is 17.5. The Labute approximate surface area is 148 Å². The van der Waals surface area contributed by atoms with E-state index in [9.17, 15) is 0 Å². The summed E-state index contributed by atoms with van der Waals surface area (Å²) in [5.74, 6) is 0.882. The lowest BCUT2D eigenvalue weighted by Crippen LogP contribution is -2.47. The average Bonchev–Trinajstić information content (AvgIpc) is 2.67. The summed E-state index contributed by atoms with van der Waals surface area (Å²) >= 11 is 0. The van der Waals surface area contributed by atoms with Crippen molar-refractivity contribution >= 4 is 5.82 Å². The predicted octanol–water partition coefficient (Wildman–Crippen LogP) is 2.08. The third kappa shape index (κ3) is 4.75. The summed E-state index contributed by atoms with van der Waals surface area (Å²) in [6.07, 6.45) is 1.82. The highest BCUT2D eigenvalue weighted by Gasteiger charge is 2.23. The highest BCUT2D eigenvalue weighted by Crippen LogP contribution is 2.15. The number of morpholine rings is 1. The molecule has 0 saturated carbocycles. The molecule has 1 atom stereocenters. The van der Waals surface area contributed by atoms with Crippen LogP contribution in [0.5, 0.6) is 0 Å². The quantitative estimate of drug-likeness (QED) is 0.804. The lowest BCUT2D eigenvalue weighted by Gasteiger charge is -2.35. The van der Waals surface area contributed by atoms with Gasteiger partial charge in [-0.05, 0) is 36.8 Å². The van der Waals surface area contributed by atoms with E-state index in [1.165, 1.54) is 5.56 Å². The van der Waals surface area contributed by atoms with Crippen molar-refractivity contribution in [1.82, 2.24) is 15.1 Å². The molecule has 1 aromatic heterocycles. The fourth-order valence-electron chi connectivity index (χ4n) is 3.12. The van der Waals surface area contributed by atoms with Crippen LogP contribution in [0.2, 0.25) is 0 Å². The Hall–Kier alpha value is -2.49. The average molecular weight is 337 g/mol. The van der Waals surface area contributed by atoms with Crippen molar-refractivity contribution in [2.45, 2.75) is 19.6 Å². The van der Waals surface area contributed by atoms with E-state index in [-0.39, 0.29) is 6.10 Å². The molecule has 1 aromatic carbocycles. The first-order valence-electron chi connectivity index (χ1n) is 8.64. The first-order chi connectivity index (χ1) is 12.3. The van der Waals surface area contributed by atoms with Crippen molar-refractivity contribution < 1.29 is 4.74 Å². The van der Waals surface area contributed by atoms with E-state index in [0.29, 0.717) is 5.56 Å². The normalized spacial score (nSPS) is 17.8. The lowest BCUT2D eigenvalue weighted by atomic mass is 10.1. The smallest absolute Gasteiger partial charge is 0.151 e. The Kier molecular flexibility index (Phi) is 5.94. The number of rotatable bonds is 6. The minimum absolute atomic E-state index is 0.134. The standard InChI is InChI=1S/C19H23N5O/c1-2-24(19-7-4-8-21-22-19)15-18-14-23(9-10-25-18)13-17-6-3-5-16(11-17)12-20/h3-8,11,18H,2,9-10,13-15H2,1H3/t18-/m1/s1. The molecule has 1 aliphatic rings. The lowest BCUT2D eigenvalue weighted by molar-refractivity contribution is -0.0268. The second-order valence-corrected chi connectivity index (χ2v) is 6.16. The number of anilines is 1. The highest BCUT2D eigenvalue weighted by atomic mass is 16.5. The molecule has 0 amide bonds. The third-order valence-corrected chi connectivity index (χ3v) is 4.37. The van der Waals surface area contributed by atoms with Gasteiger partial charge in [-0.1, -0.05) is 12.1 Å². The number of aromatic nitrogens is 2. The van der Waals surface area contributed by atoms with Crippen molar-refractivity contribution in [3.8, 4) is 6.07 Å². The molecule has 25 heavy (non-hydrogen) atoms. The number of hydrogen-bond donors (Lipinski definition) is 0. The van der Waals surface area contributed by atoms with Gasteiger partial charge in [0.1, 0.15) is 0 Å². The van der Waals surface area contributed by atoms with Crippen molar-refractivity contribution in [3.05, 3.63) is 53.7 Å². The third-order valence-electron chi connectivity index (χ3n) is 4.37. The molecule has 6 nitrogen and oxygen atoms in total. The van der Waals surface area contributed by atoms with Crippen LogP contribution in [0.1, 0.15) is 18.1 Å². The van der Waals surface area contributed by atoms with Gasteiger partial charge in [-0.3, -0.25) is 4.90 Å². The van der Waals surface area contributed by atoms with Gasteiger partial charge in [0, 0.05) is 38.9 Å². The molecular weight excluding hydrogens is 314 g/mol. The molecule has 0 radical (unpaired) electrons. The Balaban J connectivity index is 1.60. The van der Waals surface area contributed by atoms with Crippen LogP contribution in [-0.2, 0) is 11.3 Å². The number of likely N-dealkylation sites (N-methyl/N-ethyl adjacent to an activating group) is 1. The van der Waals surface area contributed by atoms with E-state index in [2.05, 4.69) is 39.1 Å². The van der Waals surface area contributed by atoms with Crippen molar-refractivity contribution in [2.24, 2.45) is 0 Å². The van der Waals surface area contributed by atoms with Gasteiger partial charge in [-0.15, -0.1) is 5.10 Å². The van der Waals surface area contributed by atoms with Gasteiger partial charge in [0.15, 0.2) is 5.82 Å². The summed E-state index contributed by atoms with van der Waals surface area (Å²) < 4.78 is 5.96. The van der Waals surface area contributed by atoms with Crippen LogP contribution in [0.3, 0.4) is 0 Å². The number of benzene rings is 1. The molecule has 0 N–H and O–H groups in total. The maximum Gasteiger partial charge on any atom is 0.151 e. The zero-order valence-corrected chi connectivity index (χ0v) is 14.5. The Morgan fingerprint density at radius 2 is 2.28 bits per heavy atom. The first-order valence-corrected chi connectivity index (χ1v) is 8.64. The molecule has 0 unspecified atom stereocenters. The molecule has 0 bridgehead atoms. The summed E-state index contributed by atoms with van der Waals surface area (Å²) in [5.41, 5.74) is 1.88. The van der Waals surface area contributed by atoms with Crippen LogP contribution in [0, 0.1) is 11.3 Å². The first kappa shape index (κ1) is 17.3. The molecule has 6 heteroatoms. The van der Waals surface area contributed by atoms with E-state index in [0.717, 1.165) is 45.1 Å². The van der Waals surface area contributed by atoms with Crippen molar-refractivity contribution in [3.63, 3.8) is 0 Å². The second kappa shape index (κ2) is 8.56. The summed E-state index contributed by atoms with van der Waals surface area (Å²) in [5, 5.41) is 17.2. The van der Waals surface area contributed by atoms with E-state index >= 15 is 0 Å². The topological polar surface area (TPSA) is 65.3 Å². The Morgan fingerprint density at radius 1 is 1.36 bits per heavy atom. The van der Waals surface area contributed by atoms with Crippen LogP contribution in [0.25, 0.3) is 0 Å². The SMILES string of the molecule is CCN(C[C@H]1CN(Cc2cccc(C#N)c2)CCO1)c1cccnn1. The fourth-order valence-corrected chi connectivity index (χ4v) is 3.12. The van der Waals surface area contributed by atoms with E-state index in [1.54, 1.807) is 6.20 Å². The summed E-state index contributed by atoms with van der Waals surface area (Å²) in [6, 6.07) is 13.9. The monoisotopic (exact) mass is 337 g/mol. The van der Waals surface area contributed by atoms with Crippen molar-refractivity contribution in [1.29, 1.82) is 5.26 Å². The van der Waals surface area contributed by atoms with E-state index < -0.39 is 0 Å². The van der Waals surface area contributed by atoms with Crippen LogP contribution >= 0.6 is 0 Å². The molecule has 1 aliphatic heterocycles. The molecule has 3 rings (SSSR count). The molecule has 0 spiro atoms. The number of ether oxygens (including phenoxy) is 1. The number of nitriles is 1. The Bertz CT molecular complexity index is 715. The van der Waals surface area contributed by atoms with Gasteiger partial charge in [0.2, 0.25) is 0 Å². The number of nitrogens with zero attached hydrogens (tertiary/aromatic N) is 5. The van der Waals surface area contributed by atoms with Gasteiger partial charge < -0.3 is 9.64 Å². The van der Waals surface area contributed by atoms with Gasteiger partial charge >= 0.3 is 0 Å². The van der Waals surface area contributed by atoms with Gasteiger partial charge in [-0.25, -0.2) is 0 Å². The van der Waals surface area contributed by atoms with Crippen LogP contribution in [0.4, 0.5) is 5.82 Å². The molecule has 1 saturated heterocycles. The molecule has 2 aromatic rings. The van der Waals surface area contributed by atoms with E-state index in [1.807, 2.05) is 30.3 Å². The van der Waals surface area contributed by atoms with Gasteiger partial charge in [0.25, 0.3) is 0 Å². The minimum Gasteiger partial charge on any atom is -0.374 e. The maximum atomic E-state index is 9.04. The molecule has 1 fully saturated rings. The summed E-state index contributed by atoms with van der Waals surface area (Å²) in [6.45, 7) is 7.11. The Morgan fingerprint density at radius 3 is 3.04 bits per heavy atom. The predicted molar refractivity (Wildman–Crippen MR) is 96.1 cm³/mol.